The minimum atomic E-state index is 0.578. The van der Waals surface area contributed by atoms with Gasteiger partial charge in [-0.3, -0.25) is 14.3 Å². The first-order chi connectivity index (χ1) is 14.8. The highest BCUT2D eigenvalue weighted by Gasteiger charge is 2.26. The molecule has 0 bridgehead atoms. The molecule has 0 amide bonds. The van der Waals surface area contributed by atoms with Crippen LogP contribution in [0.1, 0.15) is 27.8 Å². The minimum Gasteiger partial charge on any atom is -0.366 e. The van der Waals surface area contributed by atoms with Crippen molar-refractivity contribution in [2.75, 3.05) is 11.9 Å². The van der Waals surface area contributed by atoms with Gasteiger partial charge in [-0.05, 0) is 29.2 Å². The Hall–Kier alpha value is -3.76. The third kappa shape index (κ3) is 3.38. The zero-order chi connectivity index (χ0) is 20.3. The molecule has 5 rings (SSSR count). The lowest BCUT2D eigenvalue weighted by molar-refractivity contribution is 0.246. The van der Waals surface area contributed by atoms with Gasteiger partial charge >= 0.3 is 0 Å². The molecule has 148 valence electrons. The standard InChI is InChI=1S/C23H21N7/c24-11-20-19-8-10-29(14-17-5-2-1-3-6-17)15-21(19)23-28-27-16-30(23)22(20)26-13-18-7-4-9-25-12-18/h1-7,9,12,16,26H,8,10,13-15H2. The Morgan fingerprint density at radius 1 is 1.07 bits per heavy atom. The van der Waals surface area contributed by atoms with E-state index in [-0.39, 0.29) is 0 Å². The van der Waals surface area contributed by atoms with Crippen molar-refractivity contribution < 1.29 is 0 Å². The molecular formula is C23H21N7. The molecule has 0 unspecified atom stereocenters. The third-order valence-electron chi connectivity index (χ3n) is 5.56. The van der Waals surface area contributed by atoms with Crippen LogP contribution >= 0.6 is 0 Å². The van der Waals surface area contributed by atoms with E-state index in [0.717, 1.165) is 54.2 Å². The average Bonchev–Trinajstić information content (AvgIpc) is 3.29. The molecule has 1 N–H and O–H groups in total. The monoisotopic (exact) mass is 395 g/mol. The number of nitriles is 1. The van der Waals surface area contributed by atoms with E-state index in [1.807, 2.05) is 28.8 Å². The number of anilines is 1. The van der Waals surface area contributed by atoms with Crippen molar-refractivity contribution in [2.24, 2.45) is 0 Å². The van der Waals surface area contributed by atoms with Gasteiger partial charge < -0.3 is 5.32 Å². The van der Waals surface area contributed by atoms with E-state index in [1.54, 1.807) is 12.5 Å². The van der Waals surface area contributed by atoms with Crippen LogP contribution in [-0.2, 0) is 26.1 Å². The van der Waals surface area contributed by atoms with E-state index in [9.17, 15) is 5.26 Å². The molecule has 0 saturated carbocycles. The summed E-state index contributed by atoms with van der Waals surface area (Å²) in [7, 11) is 0. The van der Waals surface area contributed by atoms with Gasteiger partial charge in [0.05, 0.1) is 5.56 Å². The summed E-state index contributed by atoms with van der Waals surface area (Å²) in [5, 5.41) is 21.9. The fourth-order valence-corrected chi connectivity index (χ4v) is 4.13. The fourth-order valence-electron chi connectivity index (χ4n) is 4.13. The Kier molecular flexibility index (Phi) is 4.83. The molecule has 0 aliphatic carbocycles. The van der Waals surface area contributed by atoms with E-state index < -0.39 is 0 Å². The van der Waals surface area contributed by atoms with Gasteiger partial charge in [0, 0.05) is 44.1 Å². The predicted molar refractivity (Wildman–Crippen MR) is 114 cm³/mol. The second-order valence-electron chi connectivity index (χ2n) is 7.48. The molecule has 30 heavy (non-hydrogen) atoms. The second kappa shape index (κ2) is 7.93. The van der Waals surface area contributed by atoms with Gasteiger partial charge in [-0.2, -0.15) is 5.26 Å². The van der Waals surface area contributed by atoms with E-state index in [1.165, 1.54) is 5.56 Å². The van der Waals surface area contributed by atoms with Crippen molar-refractivity contribution >= 4 is 11.5 Å². The van der Waals surface area contributed by atoms with Crippen LogP contribution in [0.4, 0.5) is 5.82 Å². The van der Waals surface area contributed by atoms with Crippen molar-refractivity contribution in [3.05, 3.63) is 89.0 Å². The molecule has 1 aromatic carbocycles. The number of rotatable bonds is 5. The smallest absolute Gasteiger partial charge is 0.167 e. The lowest BCUT2D eigenvalue weighted by Gasteiger charge is -2.30. The lowest BCUT2D eigenvalue weighted by Crippen LogP contribution is -2.31. The Labute approximate surface area is 174 Å². The molecule has 3 aromatic heterocycles. The highest BCUT2D eigenvalue weighted by Crippen LogP contribution is 2.31. The zero-order valence-corrected chi connectivity index (χ0v) is 16.5. The summed E-state index contributed by atoms with van der Waals surface area (Å²) in [5.41, 5.74) is 6.01. The van der Waals surface area contributed by atoms with Crippen molar-refractivity contribution in [2.45, 2.75) is 26.1 Å². The Morgan fingerprint density at radius 3 is 2.73 bits per heavy atom. The molecule has 0 atom stereocenters. The number of benzene rings is 1. The average molecular weight is 395 g/mol. The summed E-state index contributed by atoms with van der Waals surface area (Å²) in [4.78, 5) is 6.56. The van der Waals surface area contributed by atoms with Crippen LogP contribution in [0.3, 0.4) is 0 Å². The molecule has 0 radical (unpaired) electrons. The molecule has 1 aliphatic rings. The molecule has 7 heteroatoms. The van der Waals surface area contributed by atoms with Gasteiger partial charge in [0.1, 0.15) is 18.2 Å². The largest absolute Gasteiger partial charge is 0.366 e. The molecule has 4 aromatic rings. The first-order valence-corrected chi connectivity index (χ1v) is 10.00. The van der Waals surface area contributed by atoms with Crippen LogP contribution in [0, 0.1) is 11.3 Å². The number of hydrogen-bond donors (Lipinski definition) is 1. The maximum atomic E-state index is 10.00. The number of hydrogen-bond acceptors (Lipinski definition) is 6. The van der Waals surface area contributed by atoms with Gasteiger partial charge in [-0.1, -0.05) is 36.4 Å². The molecular weight excluding hydrogens is 374 g/mol. The fraction of sp³-hybridized carbons (Fsp3) is 0.217. The number of nitrogens with zero attached hydrogens (tertiary/aromatic N) is 6. The Morgan fingerprint density at radius 2 is 1.93 bits per heavy atom. The lowest BCUT2D eigenvalue weighted by atomic mass is 9.95. The van der Waals surface area contributed by atoms with Gasteiger partial charge in [-0.25, -0.2) is 0 Å². The van der Waals surface area contributed by atoms with Crippen LogP contribution in [0.25, 0.3) is 5.65 Å². The summed E-state index contributed by atoms with van der Waals surface area (Å²) in [6.07, 6.45) is 6.07. The first kappa shape index (κ1) is 18.3. The Balaban J connectivity index is 1.49. The summed E-state index contributed by atoms with van der Waals surface area (Å²) in [5.74, 6) is 0.747. The van der Waals surface area contributed by atoms with E-state index in [0.29, 0.717) is 12.1 Å². The predicted octanol–water partition coefficient (Wildman–Crippen LogP) is 3.17. The second-order valence-corrected chi connectivity index (χ2v) is 7.48. The molecule has 4 heterocycles. The normalized spacial score (nSPS) is 13.7. The number of aromatic nitrogens is 4. The SMILES string of the molecule is N#Cc1c2c(c3nncn3c1NCc1cccnc1)CN(Cc1ccccc1)CC2. The van der Waals surface area contributed by atoms with Crippen LogP contribution in [0.5, 0.6) is 0 Å². The molecule has 1 aliphatic heterocycles. The topological polar surface area (TPSA) is 82.1 Å². The quantitative estimate of drug-likeness (QED) is 0.559. The van der Waals surface area contributed by atoms with Gasteiger partial charge in [0.25, 0.3) is 0 Å². The highest BCUT2D eigenvalue weighted by molar-refractivity contribution is 5.68. The van der Waals surface area contributed by atoms with Crippen molar-refractivity contribution in [3.8, 4) is 6.07 Å². The number of fused-ring (bicyclic) bond motifs is 3. The summed E-state index contributed by atoms with van der Waals surface area (Å²) in [6, 6.07) is 16.8. The molecule has 0 saturated heterocycles. The number of nitrogens with one attached hydrogen (secondary N) is 1. The number of pyridine rings is 2. The van der Waals surface area contributed by atoms with Crippen molar-refractivity contribution in [1.82, 2.24) is 24.5 Å². The highest BCUT2D eigenvalue weighted by atomic mass is 15.3. The maximum absolute atomic E-state index is 10.00. The molecule has 0 spiro atoms. The zero-order valence-electron chi connectivity index (χ0n) is 16.5. The van der Waals surface area contributed by atoms with Crippen molar-refractivity contribution in [3.63, 3.8) is 0 Å². The van der Waals surface area contributed by atoms with Crippen molar-refractivity contribution in [1.29, 1.82) is 5.26 Å². The van der Waals surface area contributed by atoms with Crippen LogP contribution < -0.4 is 5.32 Å². The van der Waals surface area contributed by atoms with Gasteiger partial charge in [-0.15, -0.1) is 10.2 Å². The van der Waals surface area contributed by atoms with Crippen LogP contribution in [0.2, 0.25) is 0 Å². The minimum absolute atomic E-state index is 0.578. The Bertz CT molecular complexity index is 1210. The van der Waals surface area contributed by atoms with Crippen LogP contribution in [-0.4, -0.2) is 31.0 Å². The first-order valence-electron chi connectivity index (χ1n) is 10.00. The summed E-state index contributed by atoms with van der Waals surface area (Å²) >= 11 is 0. The molecule has 7 nitrogen and oxygen atoms in total. The van der Waals surface area contributed by atoms with E-state index in [4.69, 9.17) is 0 Å². The van der Waals surface area contributed by atoms with Crippen LogP contribution in [0.15, 0.2) is 61.2 Å². The van der Waals surface area contributed by atoms with E-state index in [2.05, 4.69) is 55.7 Å². The third-order valence-corrected chi connectivity index (χ3v) is 5.56. The summed E-state index contributed by atoms with van der Waals surface area (Å²) in [6.45, 7) is 3.12. The summed E-state index contributed by atoms with van der Waals surface area (Å²) < 4.78 is 1.90. The molecule has 0 fully saturated rings. The van der Waals surface area contributed by atoms with E-state index >= 15 is 0 Å². The van der Waals surface area contributed by atoms with Gasteiger partial charge in [0.15, 0.2) is 5.65 Å². The maximum Gasteiger partial charge on any atom is 0.167 e. The van der Waals surface area contributed by atoms with Gasteiger partial charge in [0.2, 0.25) is 0 Å².